The van der Waals surface area contributed by atoms with Gasteiger partial charge in [0.05, 0.1) is 6.04 Å². The van der Waals surface area contributed by atoms with Crippen LogP contribution in [-0.2, 0) is 21.3 Å². The second-order valence-corrected chi connectivity index (χ2v) is 5.99. The number of rotatable bonds is 4. The van der Waals surface area contributed by atoms with Gasteiger partial charge in [0.1, 0.15) is 0 Å². The molecule has 1 aliphatic rings. The molecule has 5 heteroatoms. The third-order valence-corrected chi connectivity index (χ3v) is 3.68. The Morgan fingerprint density at radius 3 is 3.06 bits per heavy atom. The number of carbonyl (C=O) groups excluding carboxylic acids is 1. The van der Waals surface area contributed by atoms with Gasteiger partial charge in [-0.1, -0.05) is 12.1 Å². The van der Waals surface area contributed by atoms with Crippen molar-refractivity contribution in [2.24, 2.45) is 0 Å². The molecule has 98 valence electrons. The number of hydrogen-bond donors (Lipinski definition) is 2. The van der Waals surface area contributed by atoms with Gasteiger partial charge >= 0.3 is 0 Å². The van der Waals surface area contributed by atoms with E-state index < -0.39 is 10.8 Å². The van der Waals surface area contributed by atoms with E-state index in [4.69, 9.17) is 0 Å². The summed E-state index contributed by atoms with van der Waals surface area (Å²) >= 11 is 0. The highest BCUT2D eigenvalue weighted by atomic mass is 32.2. The van der Waals surface area contributed by atoms with Crippen LogP contribution in [0.4, 0.5) is 5.69 Å². The van der Waals surface area contributed by atoms with E-state index in [2.05, 4.69) is 10.6 Å². The molecule has 1 heterocycles. The predicted octanol–water partition coefficient (Wildman–Crippen LogP) is 1.26. The minimum Gasteiger partial charge on any atom is -0.325 e. The molecule has 1 aromatic carbocycles. The van der Waals surface area contributed by atoms with Gasteiger partial charge in [0.2, 0.25) is 5.91 Å². The summed E-state index contributed by atoms with van der Waals surface area (Å²) in [6, 6.07) is 7.46. The Bertz CT molecular complexity index is 456. The van der Waals surface area contributed by atoms with E-state index >= 15 is 0 Å². The number of hydrogen-bond acceptors (Lipinski definition) is 3. The van der Waals surface area contributed by atoms with Gasteiger partial charge in [-0.25, -0.2) is 0 Å². The summed E-state index contributed by atoms with van der Waals surface area (Å²) in [5.41, 5.74) is 1.75. The first-order valence-corrected chi connectivity index (χ1v) is 7.81. The highest BCUT2D eigenvalue weighted by molar-refractivity contribution is 7.83. The van der Waals surface area contributed by atoms with E-state index in [0.29, 0.717) is 5.75 Å². The van der Waals surface area contributed by atoms with Crippen molar-refractivity contribution in [1.29, 1.82) is 0 Å². The zero-order valence-corrected chi connectivity index (χ0v) is 11.3. The van der Waals surface area contributed by atoms with E-state index in [9.17, 15) is 9.00 Å². The second kappa shape index (κ2) is 6.11. The second-order valence-electron chi connectivity index (χ2n) is 4.56. The fourth-order valence-electron chi connectivity index (χ4n) is 2.11. The van der Waals surface area contributed by atoms with Crippen molar-refractivity contribution in [2.45, 2.75) is 24.6 Å². The Balaban J connectivity index is 2.00. The standard InChI is InChI=1S/C13H18N2O2S/c1-18(17)9-10-4-2-5-11(8-10)15-13(16)12-6-3-7-14-12/h2,4-5,8,12,14H,3,6-7,9H2,1H3,(H,15,16). The average molecular weight is 266 g/mol. The molecule has 1 saturated heterocycles. The lowest BCUT2D eigenvalue weighted by Gasteiger charge is -2.11. The lowest BCUT2D eigenvalue weighted by molar-refractivity contribution is -0.117. The van der Waals surface area contributed by atoms with Crippen molar-refractivity contribution in [2.75, 3.05) is 18.1 Å². The van der Waals surface area contributed by atoms with Gasteiger partial charge in [-0.15, -0.1) is 0 Å². The summed E-state index contributed by atoms with van der Waals surface area (Å²) < 4.78 is 11.2. The summed E-state index contributed by atoms with van der Waals surface area (Å²) in [7, 11) is -0.865. The van der Waals surface area contributed by atoms with Gasteiger partial charge in [-0.2, -0.15) is 0 Å². The molecule has 2 unspecified atom stereocenters. The van der Waals surface area contributed by atoms with Crippen LogP contribution in [0.5, 0.6) is 0 Å². The number of carbonyl (C=O) groups is 1. The van der Waals surface area contributed by atoms with Crippen LogP contribution in [0.2, 0.25) is 0 Å². The molecular formula is C13H18N2O2S. The van der Waals surface area contributed by atoms with Gasteiger partial charge in [0, 0.05) is 28.5 Å². The van der Waals surface area contributed by atoms with E-state index in [1.165, 1.54) is 0 Å². The summed E-state index contributed by atoms with van der Waals surface area (Å²) in [6.07, 6.45) is 3.62. The molecule has 4 nitrogen and oxygen atoms in total. The van der Waals surface area contributed by atoms with E-state index in [-0.39, 0.29) is 11.9 Å². The Morgan fingerprint density at radius 1 is 1.56 bits per heavy atom. The van der Waals surface area contributed by atoms with Gasteiger partial charge in [0.25, 0.3) is 0 Å². The number of anilines is 1. The minimum atomic E-state index is -0.865. The van der Waals surface area contributed by atoms with Crippen LogP contribution in [0.3, 0.4) is 0 Å². The zero-order chi connectivity index (χ0) is 13.0. The molecule has 0 spiro atoms. The van der Waals surface area contributed by atoms with Crippen LogP contribution in [0, 0.1) is 0 Å². The van der Waals surface area contributed by atoms with E-state index in [1.54, 1.807) is 6.26 Å². The maximum absolute atomic E-state index is 11.9. The van der Waals surface area contributed by atoms with E-state index in [1.807, 2.05) is 24.3 Å². The summed E-state index contributed by atoms with van der Waals surface area (Å²) in [4.78, 5) is 11.9. The Labute approximate surface area is 110 Å². The lowest BCUT2D eigenvalue weighted by atomic mass is 10.2. The third-order valence-electron chi connectivity index (χ3n) is 2.94. The normalized spacial score (nSPS) is 20.6. The first-order valence-electron chi connectivity index (χ1n) is 6.08. The van der Waals surface area contributed by atoms with Crippen molar-refractivity contribution in [1.82, 2.24) is 5.32 Å². The van der Waals surface area contributed by atoms with Gasteiger partial charge in [0.15, 0.2) is 0 Å². The summed E-state index contributed by atoms with van der Waals surface area (Å²) in [5, 5.41) is 6.06. The average Bonchev–Trinajstić information content (AvgIpc) is 2.81. The smallest absolute Gasteiger partial charge is 0.241 e. The zero-order valence-electron chi connectivity index (χ0n) is 10.4. The number of amides is 1. The predicted molar refractivity (Wildman–Crippen MR) is 73.9 cm³/mol. The van der Waals surface area contributed by atoms with Gasteiger partial charge in [-0.05, 0) is 37.1 Å². The molecule has 1 fully saturated rings. The molecule has 0 radical (unpaired) electrons. The van der Waals surface area contributed by atoms with Crippen molar-refractivity contribution >= 4 is 22.4 Å². The fourth-order valence-corrected chi connectivity index (χ4v) is 2.76. The number of benzene rings is 1. The van der Waals surface area contributed by atoms with Crippen LogP contribution in [0.25, 0.3) is 0 Å². The maximum Gasteiger partial charge on any atom is 0.241 e. The molecule has 0 saturated carbocycles. The first kappa shape index (κ1) is 13.2. The molecule has 1 aliphatic heterocycles. The van der Waals surface area contributed by atoms with Crippen LogP contribution >= 0.6 is 0 Å². The molecular weight excluding hydrogens is 248 g/mol. The molecule has 18 heavy (non-hydrogen) atoms. The lowest BCUT2D eigenvalue weighted by Crippen LogP contribution is -2.35. The van der Waals surface area contributed by atoms with Crippen molar-refractivity contribution in [3.05, 3.63) is 29.8 Å². The van der Waals surface area contributed by atoms with Crippen molar-refractivity contribution < 1.29 is 9.00 Å². The fraction of sp³-hybridized carbons (Fsp3) is 0.462. The van der Waals surface area contributed by atoms with Crippen LogP contribution in [0.1, 0.15) is 18.4 Å². The molecule has 2 N–H and O–H groups in total. The van der Waals surface area contributed by atoms with Gasteiger partial charge < -0.3 is 10.6 Å². The molecule has 0 bridgehead atoms. The monoisotopic (exact) mass is 266 g/mol. The largest absolute Gasteiger partial charge is 0.325 e. The minimum absolute atomic E-state index is 0.0160. The molecule has 0 aliphatic carbocycles. The Hall–Kier alpha value is -1.20. The SMILES string of the molecule is CS(=O)Cc1cccc(NC(=O)C2CCCN2)c1. The Morgan fingerprint density at radius 2 is 2.39 bits per heavy atom. The summed E-state index contributed by atoms with van der Waals surface area (Å²) in [6.45, 7) is 0.910. The quantitative estimate of drug-likeness (QED) is 0.862. The van der Waals surface area contributed by atoms with Crippen LogP contribution in [0.15, 0.2) is 24.3 Å². The first-order chi connectivity index (χ1) is 8.65. The Kier molecular flexibility index (Phi) is 4.49. The highest BCUT2D eigenvalue weighted by Gasteiger charge is 2.21. The maximum atomic E-state index is 11.9. The molecule has 2 rings (SSSR count). The molecule has 1 amide bonds. The topological polar surface area (TPSA) is 58.2 Å². The molecule has 0 aromatic heterocycles. The van der Waals surface area contributed by atoms with E-state index in [0.717, 1.165) is 30.6 Å². The summed E-state index contributed by atoms with van der Waals surface area (Å²) in [5.74, 6) is 0.535. The molecule has 2 atom stereocenters. The van der Waals surface area contributed by atoms with Crippen molar-refractivity contribution in [3.8, 4) is 0 Å². The number of nitrogens with one attached hydrogen (secondary N) is 2. The van der Waals surface area contributed by atoms with Crippen LogP contribution < -0.4 is 10.6 Å². The van der Waals surface area contributed by atoms with Crippen LogP contribution in [-0.4, -0.2) is 29.0 Å². The highest BCUT2D eigenvalue weighted by Crippen LogP contribution is 2.14. The van der Waals surface area contributed by atoms with Gasteiger partial charge in [-0.3, -0.25) is 9.00 Å². The van der Waals surface area contributed by atoms with Crippen molar-refractivity contribution in [3.63, 3.8) is 0 Å². The third kappa shape index (κ3) is 3.65. The molecule has 1 aromatic rings.